The minimum absolute atomic E-state index is 0.118. The van der Waals surface area contributed by atoms with Crippen LogP contribution >= 0.6 is 0 Å². The highest BCUT2D eigenvalue weighted by atomic mass is 19.4. The van der Waals surface area contributed by atoms with Gasteiger partial charge in [0, 0.05) is 24.4 Å². The summed E-state index contributed by atoms with van der Waals surface area (Å²) in [6, 6.07) is 15.0. The SMILES string of the molecule is O=C(O)CCC(Cc1ccccc1)NC(=O)c1ccccc1CCC(F)(F)F. The van der Waals surface area contributed by atoms with E-state index in [1.54, 1.807) is 12.1 Å². The highest BCUT2D eigenvalue weighted by molar-refractivity contribution is 5.95. The maximum Gasteiger partial charge on any atom is 0.389 e. The van der Waals surface area contributed by atoms with E-state index in [4.69, 9.17) is 5.11 Å². The maximum absolute atomic E-state index is 12.7. The molecule has 1 amide bonds. The van der Waals surface area contributed by atoms with Crippen molar-refractivity contribution in [3.8, 4) is 0 Å². The molecule has 4 nitrogen and oxygen atoms in total. The summed E-state index contributed by atoms with van der Waals surface area (Å²) in [6.07, 6.45) is -5.06. The molecule has 0 aliphatic rings. The summed E-state index contributed by atoms with van der Waals surface area (Å²) in [6.45, 7) is 0. The van der Waals surface area contributed by atoms with Crippen LogP contribution in [0.25, 0.3) is 0 Å². The van der Waals surface area contributed by atoms with E-state index in [2.05, 4.69) is 5.32 Å². The second-order valence-electron chi connectivity index (χ2n) is 6.56. The number of aryl methyl sites for hydroxylation is 1. The fourth-order valence-electron chi connectivity index (χ4n) is 2.92. The first kappa shape index (κ1) is 21.5. The van der Waals surface area contributed by atoms with E-state index >= 15 is 0 Å². The van der Waals surface area contributed by atoms with Crippen molar-refractivity contribution < 1.29 is 27.9 Å². The van der Waals surface area contributed by atoms with Gasteiger partial charge in [0.15, 0.2) is 0 Å². The van der Waals surface area contributed by atoms with Crippen LogP contribution in [-0.2, 0) is 17.6 Å². The van der Waals surface area contributed by atoms with Gasteiger partial charge in [0.25, 0.3) is 5.91 Å². The van der Waals surface area contributed by atoms with Gasteiger partial charge in [-0.2, -0.15) is 13.2 Å². The molecule has 2 aromatic carbocycles. The number of alkyl halides is 3. The molecule has 0 saturated heterocycles. The Bertz CT molecular complexity index is 791. The molecule has 28 heavy (non-hydrogen) atoms. The molecule has 0 aliphatic heterocycles. The summed E-state index contributed by atoms with van der Waals surface area (Å²) in [7, 11) is 0. The Morgan fingerprint density at radius 1 is 1.00 bits per heavy atom. The molecule has 1 unspecified atom stereocenters. The van der Waals surface area contributed by atoms with Crippen LogP contribution in [-0.4, -0.2) is 29.2 Å². The van der Waals surface area contributed by atoms with Crippen molar-refractivity contribution in [2.24, 2.45) is 0 Å². The van der Waals surface area contributed by atoms with Gasteiger partial charge in [-0.25, -0.2) is 0 Å². The lowest BCUT2D eigenvalue weighted by molar-refractivity contribution is -0.137. The molecule has 2 N–H and O–H groups in total. The van der Waals surface area contributed by atoms with Gasteiger partial charge in [-0.05, 0) is 36.5 Å². The number of aliphatic carboxylic acids is 1. The number of nitrogens with one attached hydrogen (secondary N) is 1. The lowest BCUT2D eigenvalue weighted by Gasteiger charge is -2.19. The van der Waals surface area contributed by atoms with Gasteiger partial charge in [0.05, 0.1) is 0 Å². The summed E-state index contributed by atoms with van der Waals surface area (Å²) >= 11 is 0. The van der Waals surface area contributed by atoms with Crippen LogP contribution in [0.4, 0.5) is 13.2 Å². The van der Waals surface area contributed by atoms with E-state index in [1.807, 2.05) is 30.3 Å². The van der Waals surface area contributed by atoms with Gasteiger partial charge >= 0.3 is 12.1 Å². The zero-order valence-electron chi connectivity index (χ0n) is 15.2. The van der Waals surface area contributed by atoms with Crippen molar-refractivity contribution in [2.75, 3.05) is 0 Å². The molecular formula is C21H22F3NO3. The van der Waals surface area contributed by atoms with Gasteiger partial charge in [-0.1, -0.05) is 48.5 Å². The third kappa shape index (κ3) is 7.42. The second-order valence-corrected chi connectivity index (χ2v) is 6.56. The number of amides is 1. The third-order valence-corrected chi connectivity index (χ3v) is 4.31. The van der Waals surface area contributed by atoms with Crippen LogP contribution in [0, 0.1) is 0 Å². The molecule has 2 rings (SSSR count). The molecule has 0 heterocycles. The second kappa shape index (κ2) is 9.92. The largest absolute Gasteiger partial charge is 0.481 e. The number of rotatable bonds is 9. The predicted octanol–water partition coefficient (Wildman–Crippen LogP) is 4.39. The fraction of sp³-hybridized carbons (Fsp3) is 0.333. The maximum atomic E-state index is 12.7. The van der Waals surface area contributed by atoms with Crippen molar-refractivity contribution in [3.05, 3.63) is 71.3 Å². The topological polar surface area (TPSA) is 66.4 Å². The van der Waals surface area contributed by atoms with E-state index in [0.29, 0.717) is 12.0 Å². The molecule has 0 saturated carbocycles. The van der Waals surface area contributed by atoms with Crippen LogP contribution in [0.15, 0.2) is 54.6 Å². The van der Waals surface area contributed by atoms with E-state index in [9.17, 15) is 22.8 Å². The number of hydrogen-bond acceptors (Lipinski definition) is 2. The Balaban J connectivity index is 2.12. The molecular weight excluding hydrogens is 371 g/mol. The first-order chi connectivity index (χ1) is 13.2. The number of carbonyl (C=O) groups is 2. The lowest BCUT2D eigenvalue weighted by atomic mass is 9.99. The summed E-state index contributed by atoms with van der Waals surface area (Å²) in [4.78, 5) is 23.6. The van der Waals surface area contributed by atoms with Crippen LogP contribution in [0.1, 0.15) is 40.7 Å². The Hall–Kier alpha value is -2.83. The Morgan fingerprint density at radius 3 is 2.29 bits per heavy atom. The Kier molecular flexibility index (Phi) is 7.61. The highest BCUT2D eigenvalue weighted by Crippen LogP contribution is 2.23. The number of carboxylic acids is 1. The zero-order valence-corrected chi connectivity index (χ0v) is 15.2. The molecule has 0 spiro atoms. The smallest absolute Gasteiger partial charge is 0.389 e. The van der Waals surface area contributed by atoms with Gasteiger partial charge in [-0.3, -0.25) is 9.59 Å². The average Bonchev–Trinajstić information content (AvgIpc) is 2.65. The van der Waals surface area contributed by atoms with E-state index in [-0.39, 0.29) is 24.8 Å². The molecule has 0 fully saturated rings. The predicted molar refractivity (Wildman–Crippen MR) is 99.1 cm³/mol. The van der Waals surface area contributed by atoms with Gasteiger partial charge in [0.1, 0.15) is 0 Å². The Morgan fingerprint density at radius 2 is 1.64 bits per heavy atom. The van der Waals surface area contributed by atoms with Crippen molar-refractivity contribution in [2.45, 2.75) is 44.3 Å². The summed E-state index contributed by atoms with van der Waals surface area (Å²) in [5.41, 5.74) is 1.43. The molecule has 7 heteroatoms. The van der Waals surface area contributed by atoms with Gasteiger partial charge in [0.2, 0.25) is 0 Å². The summed E-state index contributed by atoms with van der Waals surface area (Å²) in [5.74, 6) is -1.47. The number of halogens is 3. The molecule has 0 aromatic heterocycles. The monoisotopic (exact) mass is 393 g/mol. The van der Waals surface area contributed by atoms with Crippen molar-refractivity contribution in [1.29, 1.82) is 0 Å². The Labute approximate surface area is 161 Å². The number of carbonyl (C=O) groups excluding carboxylic acids is 1. The van der Waals surface area contributed by atoms with E-state index in [1.165, 1.54) is 12.1 Å². The molecule has 1 atom stereocenters. The molecule has 150 valence electrons. The van der Waals surface area contributed by atoms with Crippen LogP contribution in [0.2, 0.25) is 0 Å². The highest BCUT2D eigenvalue weighted by Gasteiger charge is 2.27. The first-order valence-corrected chi connectivity index (χ1v) is 8.96. The molecule has 0 radical (unpaired) electrons. The first-order valence-electron chi connectivity index (χ1n) is 8.96. The quantitative estimate of drug-likeness (QED) is 0.664. The lowest BCUT2D eigenvalue weighted by Crippen LogP contribution is -2.37. The number of carboxylic acid groups (broad SMARTS) is 1. The van der Waals surface area contributed by atoms with Gasteiger partial charge < -0.3 is 10.4 Å². The minimum atomic E-state index is -4.30. The summed E-state index contributed by atoms with van der Waals surface area (Å²) < 4.78 is 37.6. The van der Waals surface area contributed by atoms with Crippen molar-refractivity contribution in [3.63, 3.8) is 0 Å². The van der Waals surface area contributed by atoms with Gasteiger partial charge in [-0.15, -0.1) is 0 Å². The molecule has 0 bridgehead atoms. The fourth-order valence-corrected chi connectivity index (χ4v) is 2.92. The van der Waals surface area contributed by atoms with E-state index < -0.39 is 30.5 Å². The van der Waals surface area contributed by atoms with Crippen molar-refractivity contribution >= 4 is 11.9 Å². The zero-order chi connectivity index (χ0) is 20.6. The van der Waals surface area contributed by atoms with Crippen LogP contribution in [0.5, 0.6) is 0 Å². The summed E-state index contributed by atoms with van der Waals surface area (Å²) in [5, 5.41) is 11.7. The number of hydrogen-bond donors (Lipinski definition) is 2. The average molecular weight is 393 g/mol. The van der Waals surface area contributed by atoms with Crippen LogP contribution < -0.4 is 5.32 Å². The minimum Gasteiger partial charge on any atom is -0.481 e. The number of benzene rings is 2. The van der Waals surface area contributed by atoms with Crippen LogP contribution in [0.3, 0.4) is 0 Å². The molecule has 2 aromatic rings. The normalized spacial score (nSPS) is 12.4. The van der Waals surface area contributed by atoms with Crippen molar-refractivity contribution in [1.82, 2.24) is 5.32 Å². The standard InChI is InChI=1S/C21H22F3NO3/c22-21(23,24)13-12-16-8-4-5-9-18(16)20(28)25-17(10-11-19(26)27)14-15-6-2-1-3-7-15/h1-9,17H,10-14H2,(H,25,28)(H,26,27). The molecule has 0 aliphatic carbocycles. The third-order valence-electron chi connectivity index (χ3n) is 4.31. The van der Waals surface area contributed by atoms with E-state index in [0.717, 1.165) is 5.56 Å².